The second-order valence-corrected chi connectivity index (χ2v) is 6.53. The molecular weight excluding hydrogens is 318 g/mol. The summed E-state index contributed by atoms with van der Waals surface area (Å²) in [4.78, 5) is 16.7. The Morgan fingerprint density at radius 3 is 2.23 bits per heavy atom. The Kier molecular flexibility index (Phi) is 4.10. The molecule has 0 radical (unpaired) electrons. The molecular formula is C24H19NO. The van der Waals surface area contributed by atoms with Gasteiger partial charge < -0.3 is 0 Å². The molecule has 0 aliphatic carbocycles. The summed E-state index contributed by atoms with van der Waals surface area (Å²) in [6.45, 7) is 4.17. The third-order valence-electron chi connectivity index (χ3n) is 4.94. The average molecular weight is 337 g/mol. The molecule has 0 amide bonds. The lowest BCUT2D eigenvalue weighted by Crippen LogP contribution is -1.97. The van der Waals surface area contributed by atoms with Crippen molar-refractivity contribution in [1.29, 1.82) is 0 Å². The summed E-state index contributed by atoms with van der Waals surface area (Å²) in [5, 5.41) is 0.996. The van der Waals surface area contributed by atoms with Crippen LogP contribution in [0.15, 0.2) is 72.8 Å². The zero-order chi connectivity index (χ0) is 18.1. The summed E-state index contributed by atoms with van der Waals surface area (Å²) in [6.07, 6.45) is 0.902. The summed E-state index contributed by atoms with van der Waals surface area (Å²) in [5.74, 6) is 0. The van der Waals surface area contributed by atoms with Crippen LogP contribution in [0, 0.1) is 13.8 Å². The van der Waals surface area contributed by atoms with E-state index in [-0.39, 0.29) is 0 Å². The molecule has 0 aliphatic rings. The minimum Gasteiger partial charge on any atom is -0.298 e. The number of rotatable bonds is 3. The van der Waals surface area contributed by atoms with Crippen LogP contribution in [0.5, 0.6) is 0 Å². The molecule has 26 heavy (non-hydrogen) atoms. The van der Waals surface area contributed by atoms with E-state index in [2.05, 4.69) is 38.1 Å². The standard InChI is InChI=1S/C24H19NO/c1-16-12-13-19-14-20(15-26)24(25-23(19)17(16)2)22-11-7-6-10-21(22)18-8-4-3-5-9-18/h3-15H,1-2H3. The van der Waals surface area contributed by atoms with E-state index in [0.29, 0.717) is 5.56 Å². The fourth-order valence-electron chi connectivity index (χ4n) is 3.36. The van der Waals surface area contributed by atoms with Crippen LogP contribution in [0.3, 0.4) is 0 Å². The maximum Gasteiger partial charge on any atom is 0.152 e. The highest BCUT2D eigenvalue weighted by Gasteiger charge is 2.14. The first kappa shape index (κ1) is 16.2. The van der Waals surface area contributed by atoms with Crippen LogP contribution in [-0.4, -0.2) is 11.3 Å². The van der Waals surface area contributed by atoms with Gasteiger partial charge in [-0.05, 0) is 42.2 Å². The number of carbonyl (C=O) groups excluding carboxylic acids is 1. The van der Waals surface area contributed by atoms with Crippen LogP contribution < -0.4 is 0 Å². The van der Waals surface area contributed by atoms with Crippen molar-refractivity contribution in [3.05, 3.63) is 89.5 Å². The molecule has 0 aliphatic heterocycles. The number of carbonyl (C=O) groups is 1. The highest BCUT2D eigenvalue weighted by Crippen LogP contribution is 2.34. The molecule has 1 heterocycles. The van der Waals surface area contributed by atoms with E-state index in [1.54, 1.807) is 0 Å². The van der Waals surface area contributed by atoms with E-state index in [4.69, 9.17) is 4.98 Å². The molecule has 0 saturated carbocycles. The number of pyridine rings is 1. The van der Waals surface area contributed by atoms with Crippen molar-refractivity contribution in [2.45, 2.75) is 13.8 Å². The van der Waals surface area contributed by atoms with Gasteiger partial charge in [-0.2, -0.15) is 0 Å². The fourth-order valence-corrected chi connectivity index (χ4v) is 3.36. The second-order valence-electron chi connectivity index (χ2n) is 6.53. The Morgan fingerprint density at radius 2 is 1.50 bits per heavy atom. The second kappa shape index (κ2) is 6.57. The largest absolute Gasteiger partial charge is 0.298 e. The summed E-state index contributed by atoms with van der Waals surface area (Å²) < 4.78 is 0. The number of fused-ring (bicyclic) bond motifs is 1. The van der Waals surface area contributed by atoms with Gasteiger partial charge in [-0.25, -0.2) is 4.98 Å². The van der Waals surface area contributed by atoms with Crippen molar-refractivity contribution in [1.82, 2.24) is 4.98 Å². The lowest BCUT2D eigenvalue weighted by atomic mass is 9.94. The molecule has 0 spiro atoms. The van der Waals surface area contributed by atoms with Crippen molar-refractivity contribution < 1.29 is 4.79 Å². The first-order chi connectivity index (χ1) is 12.7. The zero-order valence-electron chi connectivity index (χ0n) is 14.9. The highest BCUT2D eigenvalue weighted by atomic mass is 16.1. The Bertz CT molecular complexity index is 1110. The van der Waals surface area contributed by atoms with Crippen LogP contribution in [0.1, 0.15) is 21.5 Å². The number of aryl methyl sites for hydroxylation is 2. The topological polar surface area (TPSA) is 30.0 Å². The normalized spacial score (nSPS) is 10.8. The average Bonchev–Trinajstić information content (AvgIpc) is 2.70. The molecule has 3 aromatic carbocycles. The summed E-state index contributed by atoms with van der Waals surface area (Å²) >= 11 is 0. The third kappa shape index (κ3) is 2.70. The van der Waals surface area contributed by atoms with Gasteiger partial charge in [-0.3, -0.25) is 4.79 Å². The number of hydrogen-bond acceptors (Lipinski definition) is 2. The molecule has 4 aromatic rings. The monoisotopic (exact) mass is 337 g/mol. The lowest BCUT2D eigenvalue weighted by Gasteiger charge is -2.14. The van der Waals surface area contributed by atoms with E-state index in [1.807, 2.05) is 48.5 Å². The van der Waals surface area contributed by atoms with Gasteiger partial charge in [0.15, 0.2) is 6.29 Å². The van der Waals surface area contributed by atoms with Gasteiger partial charge in [0.1, 0.15) is 0 Å². The summed E-state index contributed by atoms with van der Waals surface area (Å²) in [5.41, 5.74) is 7.82. The molecule has 0 atom stereocenters. The first-order valence-corrected chi connectivity index (χ1v) is 8.70. The molecule has 0 N–H and O–H groups in total. The molecule has 4 rings (SSSR count). The number of aldehydes is 1. The Labute approximate surface area is 153 Å². The third-order valence-corrected chi connectivity index (χ3v) is 4.94. The van der Waals surface area contributed by atoms with E-state index >= 15 is 0 Å². The van der Waals surface area contributed by atoms with Crippen molar-refractivity contribution in [3.63, 3.8) is 0 Å². The number of nitrogens with zero attached hydrogens (tertiary/aromatic N) is 1. The number of aromatic nitrogens is 1. The number of benzene rings is 3. The predicted octanol–water partition coefficient (Wildman–Crippen LogP) is 6.00. The Balaban J connectivity index is 2.04. The molecule has 2 heteroatoms. The fraction of sp³-hybridized carbons (Fsp3) is 0.0833. The zero-order valence-corrected chi connectivity index (χ0v) is 14.9. The van der Waals surface area contributed by atoms with E-state index in [1.165, 1.54) is 5.56 Å². The van der Waals surface area contributed by atoms with Gasteiger partial charge >= 0.3 is 0 Å². The van der Waals surface area contributed by atoms with E-state index in [9.17, 15) is 4.79 Å². The molecule has 1 aromatic heterocycles. The van der Waals surface area contributed by atoms with E-state index < -0.39 is 0 Å². The Hall–Kier alpha value is -3.26. The van der Waals surface area contributed by atoms with Gasteiger partial charge in [0.2, 0.25) is 0 Å². The van der Waals surface area contributed by atoms with Crippen LogP contribution >= 0.6 is 0 Å². The van der Waals surface area contributed by atoms with Gasteiger partial charge in [0.25, 0.3) is 0 Å². The summed E-state index contributed by atoms with van der Waals surface area (Å²) in [7, 11) is 0. The lowest BCUT2D eigenvalue weighted by molar-refractivity contribution is 0.112. The minimum atomic E-state index is 0.615. The van der Waals surface area contributed by atoms with Gasteiger partial charge in [-0.15, -0.1) is 0 Å². The quantitative estimate of drug-likeness (QED) is 0.429. The Morgan fingerprint density at radius 1 is 0.808 bits per heavy atom. The van der Waals surface area contributed by atoms with Crippen LogP contribution in [0.25, 0.3) is 33.3 Å². The van der Waals surface area contributed by atoms with Gasteiger partial charge in [0, 0.05) is 16.5 Å². The van der Waals surface area contributed by atoms with Crippen molar-refractivity contribution >= 4 is 17.2 Å². The van der Waals surface area contributed by atoms with Crippen molar-refractivity contribution in [2.24, 2.45) is 0 Å². The molecule has 0 fully saturated rings. The molecule has 0 unspecified atom stereocenters. The minimum absolute atomic E-state index is 0.615. The first-order valence-electron chi connectivity index (χ1n) is 8.70. The van der Waals surface area contributed by atoms with Crippen LogP contribution in [-0.2, 0) is 0 Å². The number of hydrogen-bond donors (Lipinski definition) is 0. The highest BCUT2D eigenvalue weighted by molar-refractivity contribution is 5.97. The predicted molar refractivity (Wildman–Crippen MR) is 107 cm³/mol. The maximum absolute atomic E-state index is 11.8. The van der Waals surface area contributed by atoms with Crippen LogP contribution in [0.2, 0.25) is 0 Å². The van der Waals surface area contributed by atoms with Gasteiger partial charge in [-0.1, -0.05) is 66.7 Å². The maximum atomic E-state index is 11.8. The summed E-state index contributed by atoms with van der Waals surface area (Å²) in [6, 6.07) is 24.4. The van der Waals surface area contributed by atoms with Crippen LogP contribution in [0.4, 0.5) is 0 Å². The molecule has 2 nitrogen and oxygen atoms in total. The SMILES string of the molecule is Cc1ccc2cc(C=O)c(-c3ccccc3-c3ccccc3)nc2c1C. The van der Waals surface area contributed by atoms with Gasteiger partial charge in [0.05, 0.1) is 11.2 Å². The molecule has 126 valence electrons. The van der Waals surface area contributed by atoms with Crippen molar-refractivity contribution in [2.75, 3.05) is 0 Å². The molecule has 0 saturated heterocycles. The smallest absolute Gasteiger partial charge is 0.152 e. The molecule has 0 bridgehead atoms. The van der Waals surface area contributed by atoms with E-state index in [0.717, 1.165) is 45.1 Å². The van der Waals surface area contributed by atoms with Crippen molar-refractivity contribution in [3.8, 4) is 22.4 Å².